The Kier molecular flexibility index (Phi) is 4.66. The minimum absolute atomic E-state index is 0.111. The lowest BCUT2D eigenvalue weighted by atomic mass is 10.4. The van der Waals surface area contributed by atoms with Gasteiger partial charge in [-0.1, -0.05) is 19.1 Å². The second-order valence-electron chi connectivity index (χ2n) is 2.56. The van der Waals surface area contributed by atoms with Crippen molar-refractivity contribution in [1.29, 1.82) is 0 Å². The topological polar surface area (TPSA) is 72.2 Å². The van der Waals surface area contributed by atoms with Crippen LogP contribution in [0.15, 0.2) is 0 Å². The first-order valence-corrected chi connectivity index (χ1v) is 5.74. The van der Waals surface area contributed by atoms with Crippen LogP contribution >= 0.6 is 12.2 Å². The van der Waals surface area contributed by atoms with Crippen LogP contribution in [0, 0.1) is 0 Å². The lowest BCUT2D eigenvalue weighted by Gasteiger charge is -2.11. The number of thiocarbonyl (C=S) groups is 1. The summed E-state index contributed by atoms with van der Waals surface area (Å²) in [6, 6.07) is -0.462. The zero-order chi connectivity index (χ0) is 9.78. The van der Waals surface area contributed by atoms with Gasteiger partial charge < -0.3 is 5.73 Å². The minimum atomic E-state index is -3.19. The van der Waals surface area contributed by atoms with Gasteiger partial charge in [0.15, 0.2) is 0 Å². The van der Waals surface area contributed by atoms with E-state index in [0.29, 0.717) is 6.42 Å². The predicted molar refractivity (Wildman–Crippen MR) is 53.5 cm³/mol. The molecular formula is C6H14N2O2S2. The maximum Gasteiger partial charge on any atom is 0.212 e. The van der Waals surface area contributed by atoms with Crippen molar-refractivity contribution in [3.05, 3.63) is 0 Å². The van der Waals surface area contributed by atoms with Crippen LogP contribution in [0.1, 0.15) is 20.3 Å². The highest BCUT2D eigenvalue weighted by atomic mass is 32.2. The quantitative estimate of drug-likeness (QED) is 0.626. The summed E-state index contributed by atoms with van der Waals surface area (Å²) in [4.78, 5) is 0.162. The van der Waals surface area contributed by atoms with Crippen LogP contribution in [-0.2, 0) is 10.0 Å². The van der Waals surface area contributed by atoms with Crippen molar-refractivity contribution in [1.82, 2.24) is 4.72 Å². The molecule has 12 heavy (non-hydrogen) atoms. The van der Waals surface area contributed by atoms with Gasteiger partial charge in [0, 0.05) is 0 Å². The summed E-state index contributed by atoms with van der Waals surface area (Å²) < 4.78 is 24.6. The number of nitrogens with one attached hydrogen (secondary N) is 1. The number of hydrogen-bond acceptors (Lipinski definition) is 3. The van der Waals surface area contributed by atoms with E-state index in [-0.39, 0.29) is 10.7 Å². The molecule has 4 nitrogen and oxygen atoms in total. The number of hydrogen-bond donors (Lipinski definition) is 2. The standard InChI is InChI=1S/C6H14N2O2S2/c1-3-4-12(9,10)8-5(2)6(7)11/h5,8H,3-4H2,1-2H3,(H2,7,11). The molecule has 0 aliphatic rings. The molecule has 0 amide bonds. The normalized spacial score (nSPS) is 14.2. The maximum absolute atomic E-state index is 11.1. The van der Waals surface area contributed by atoms with E-state index in [9.17, 15) is 8.42 Å². The lowest BCUT2D eigenvalue weighted by Crippen LogP contribution is -2.42. The molecule has 0 aliphatic heterocycles. The van der Waals surface area contributed by atoms with Crippen molar-refractivity contribution in [3.63, 3.8) is 0 Å². The highest BCUT2D eigenvalue weighted by Gasteiger charge is 2.14. The van der Waals surface area contributed by atoms with Gasteiger partial charge in [0.2, 0.25) is 10.0 Å². The van der Waals surface area contributed by atoms with Crippen LogP contribution in [0.25, 0.3) is 0 Å². The Morgan fingerprint density at radius 3 is 2.50 bits per heavy atom. The largest absolute Gasteiger partial charge is 0.392 e. The predicted octanol–water partition coefficient (Wildman–Crippen LogP) is -0.00960. The van der Waals surface area contributed by atoms with E-state index in [1.807, 2.05) is 0 Å². The van der Waals surface area contributed by atoms with Gasteiger partial charge in [-0.15, -0.1) is 0 Å². The third kappa shape index (κ3) is 4.63. The highest BCUT2D eigenvalue weighted by molar-refractivity contribution is 7.89. The Hall–Kier alpha value is -0.200. The van der Waals surface area contributed by atoms with Gasteiger partial charge >= 0.3 is 0 Å². The molecule has 6 heteroatoms. The van der Waals surface area contributed by atoms with Crippen LogP contribution < -0.4 is 10.5 Å². The monoisotopic (exact) mass is 210 g/mol. The lowest BCUT2D eigenvalue weighted by molar-refractivity contribution is 0.577. The van der Waals surface area contributed by atoms with E-state index >= 15 is 0 Å². The van der Waals surface area contributed by atoms with Gasteiger partial charge in [-0.05, 0) is 13.3 Å². The van der Waals surface area contributed by atoms with Gasteiger partial charge in [-0.25, -0.2) is 13.1 Å². The van der Waals surface area contributed by atoms with Crippen molar-refractivity contribution in [2.75, 3.05) is 5.75 Å². The Balaban J connectivity index is 4.16. The summed E-state index contributed by atoms with van der Waals surface area (Å²) >= 11 is 4.62. The van der Waals surface area contributed by atoms with Crippen LogP contribution in [0.2, 0.25) is 0 Å². The molecule has 0 radical (unpaired) electrons. The Morgan fingerprint density at radius 1 is 1.67 bits per heavy atom. The third-order valence-electron chi connectivity index (χ3n) is 1.26. The summed E-state index contributed by atoms with van der Waals surface area (Å²) in [5.41, 5.74) is 5.24. The zero-order valence-corrected chi connectivity index (χ0v) is 8.83. The minimum Gasteiger partial charge on any atom is -0.392 e. The van der Waals surface area contributed by atoms with Crippen LogP contribution in [0.4, 0.5) is 0 Å². The Morgan fingerprint density at radius 2 is 2.17 bits per heavy atom. The molecule has 0 aromatic rings. The Labute approximate surface area is 78.6 Å². The molecule has 0 heterocycles. The van der Waals surface area contributed by atoms with Gasteiger partial charge in [0.05, 0.1) is 16.8 Å². The fraction of sp³-hybridized carbons (Fsp3) is 0.833. The summed E-state index contributed by atoms with van der Waals surface area (Å²) in [5.74, 6) is 0.111. The van der Waals surface area contributed by atoms with Gasteiger partial charge in [0.25, 0.3) is 0 Å². The van der Waals surface area contributed by atoms with E-state index in [2.05, 4.69) is 16.9 Å². The van der Waals surface area contributed by atoms with E-state index < -0.39 is 16.1 Å². The fourth-order valence-electron chi connectivity index (χ4n) is 0.655. The first-order valence-electron chi connectivity index (χ1n) is 3.68. The van der Waals surface area contributed by atoms with E-state index in [0.717, 1.165) is 0 Å². The number of rotatable bonds is 5. The number of nitrogens with two attached hydrogens (primary N) is 1. The summed E-state index contributed by atoms with van der Waals surface area (Å²) in [5, 5.41) is 0. The summed E-state index contributed by atoms with van der Waals surface area (Å²) in [6.45, 7) is 3.42. The molecule has 72 valence electrons. The van der Waals surface area contributed by atoms with Gasteiger partial charge in [0.1, 0.15) is 0 Å². The maximum atomic E-state index is 11.1. The molecule has 0 rings (SSSR count). The van der Waals surface area contributed by atoms with E-state index in [1.165, 1.54) is 0 Å². The number of sulfonamides is 1. The molecule has 0 bridgehead atoms. The molecule has 0 spiro atoms. The first kappa shape index (κ1) is 11.8. The summed E-state index contributed by atoms with van der Waals surface area (Å²) in [7, 11) is -3.19. The molecule has 0 saturated heterocycles. The van der Waals surface area contributed by atoms with Crippen LogP contribution in [-0.4, -0.2) is 25.2 Å². The molecule has 3 N–H and O–H groups in total. The molecule has 1 atom stereocenters. The molecule has 0 fully saturated rings. The summed E-state index contributed by atoms with van der Waals surface area (Å²) in [6.07, 6.45) is 0.583. The molecule has 0 aromatic carbocycles. The SMILES string of the molecule is CCCS(=O)(=O)NC(C)C(N)=S. The zero-order valence-electron chi connectivity index (χ0n) is 7.20. The van der Waals surface area contributed by atoms with E-state index in [4.69, 9.17) is 5.73 Å². The van der Waals surface area contributed by atoms with Gasteiger partial charge in [-0.3, -0.25) is 0 Å². The second kappa shape index (κ2) is 4.74. The fourth-order valence-corrected chi connectivity index (χ4v) is 2.11. The molecule has 1 unspecified atom stereocenters. The van der Waals surface area contributed by atoms with Crippen molar-refractivity contribution < 1.29 is 8.42 Å². The molecule has 0 saturated carbocycles. The molecular weight excluding hydrogens is 196 g/mol. The van der Waals surface area contributed by atoms with Crippen molar-refractivity contribution in [3.8, 4) is 0 Å². The Bertz CT molecular complexity index is 248. The van der Waals surface area contributed by atoms with Crippen LogP contribution in [0.3, 0.4) is 0 Å². The molecule has 0 aromatic heterocycles. The van der Waals surface area contributed by atoms with Crippen molar-refractivity contribution in [2.45, 2.75) is 26.3 Å². The highest BCUT2D eigenvalue weighted by Crippen LogP contribution is 1.92. The van der Waals surface area contributed by atoms with Crippen LogP contribution in [0.5, 0.6) is 0 Å². The van der Waals surface area contributed by atoms with E-state index in [1.54, 1.807) is 13.8 Å². The van der Waals surface area contributed by atoms with Crippen molar-refractivity contribution in [2.24, 2.45) is 5.73 Å². The third-order valence-corrected chi connectivity index (χ3v) is 3.27. The van der Waals surface area contributed by atoms with Crippen molar-refractivity contribution >= 4 is 27.2 Å². The van der Waals surface area contributed by atoms with Gasteiger partial charge in [-0.2, -0.15) is 0 Å². The second-order valence-corrected chi connectivity index (χ2v) is 4.91. The first-order chi connectivity index (χ1) is 5.39. The smallest absolute Gasteiger partial charge is 0.212 e. The molecule has 0 aliphatic carbocycles. The average Bonchev–Trinajstić information content (AvgIpc) is 1.85. The average molecular weight is 210 g/mol.